The molecule has 0 aliphatic rings. The first-order valence-electron chi connectivity index (χ1n) is 5.65. The van der Waals surface area contributed by atoms with Crippen LogP contribution in [0, 0.1) is 6.92 Å². The van der Waals surface area contributed by atoms with Gasteiger partial charge in [-0.2, -0.15) is 0 Å². The summed E-state index contributed by atoms with van der Waals surface area (Å²) in [7, 11) is 0. The van der Waals surface area contributed by atoms with Crippen molar-refractivity contribution in [3.8, 4) is 0 Å². The fourth-order valence-electron chi connectivity index (χ4n) is 1.89. The zero-order chi connectivity index (χ0) is 13.4. The molecule has 0 aliphatic heterocycles. The number of nitrogens with two attached hydrogens (primary N) is 1. The molecule has 0 saturated heterocycles. The van der Waals surface area contributed by atoms with E-state index in [1.54, 1.807) is 6.07 Å². The zero-order valence-electron chi connectivity index (χ0n) is 10.1. The zero-order valence-corrected chi connectivity index (χ0v) is 11.8. The van der Waals surface area contributed by atoms with Crippen LogP contribution in [0.25, 0.3) is 10.2 Å². The molecule has 0 atom stereocenters. The van der Waals surface area contributed by atoms with E-state index in [4.69, 9.17) is 5.73 Å². The second-order valence-electron chi connectivity index (χ2n) is 4.12. The number of aryl methyl sites for hydroxylation is 1. The van der Waals surface area contributed by atoms with Crippen molar-refractivity contribution < 1.29 is 4.79 Å². The number of thiophene rings is 1. The quantitative estimate of drug-likeness (QED) is 0.758. The number of thiazole rings is 1. The highest BCUT2D eigenvalue weighted by Crippen LogP contribution is 2.29. The molecule has 0 fully saturated rings. The van der Waals surface area contributed by atoms with Gasteiger partial charge in [0, 0.05) is 5.69 Å². The average molecular weight is 289 g/mol. The summed E-state index contributed by atoms with van der Waals surface area (Å²) >= 11 is 2.84. The summed E-state index contributed by atoms with van der Waals surface area (Å²) in [5.41, 5.74) is 8.39. The molecule has 96 valence electrons. The van der Waals surface area contributed by atoms with Crippen molar-refractivity contribution in [2.75, 3.05) is 11.1 Å². The molecule has 0 bridgehead atoms. The van der Waals surface area contributed by atoms with Gasteiger partial charge in [-0.3, -0.25) is 4.79 Å². The highest BCUT2D eigenvalue weighted by Gasteiger charge is 2.10. The van der Waals surface area contributed by atoms with Gasteiger partial charge >= 0.3 is 0 Å². The van der Waals surface area contributed by atoms with Gasteiger partial charge in [0.15, 0.2) is 5.13 Å². The number of hydrogen-bond acceptors (Lipinski definition) is 5. The maximum absolute atomic E-state index is 12.0. The lowest BCUT2D eigenvalue weighted by Gasteiger charge is -2.05. The third-order valence-electron chi connectivity index (χ3n) is 2.70. The number of aromatic nitrogens is 1. The van der Waals surface area contributed by atoms with Crippen molar-refractivity contribution in [1.82, 2.24) is 4.98 Å². The maximum Gasteiger partial charge on any atom is 0.265 e. The van der Waals surface area contributed by atoms with Crippen LogP contribution >= 0.6 is 22.7 Å². The number of carbonyl (C=O) groups is 1. The molecule has 2 heterocycles. The van der Waals surface area contributed by atoms with Gasteiger partial charge in [-0.25, -0.2) is 4.98 Å². The van der Waals surface area contributed by atoms with E-state index in [-0.39, 0.29) is 5.91 Å². The summed E-state index contributed by atoms with van der Waals surface area (Å²) in [6.45, 7) is 1.96. The predicted octanol–water partition coefficient (Wildman–Crippen LogP) is 3.50. The van der Waals surface area contributed by atoms with Gasteiger partial charge in [-0.15, -0.1) is 11.3 Å². The topological polar surface area (TPSA) is 68.0 Å². The Bertz CT molecular complexity index is 747. The smallest absolute Gasteiger partial charge is 0.265 e. The standard InChI is InChI=1S/C13H11N3OS2/c1-7-5-8(6-10-11(7)16-13(14)19-10)15-12(17)9-3-2-4-18-9/h2-6H,1H3,(H2,14,16)(H,15,17). The van der Waals surface area contributed by atoms with E-state index in [2.05, 4.69) is 10.3 Å². The lowest BCUT2D eigenvalue weighted by molar-refractivity contribution is 0.103. The number of amides is 1. The highest BCUT2D eigenvalue weighted by molar-refractivity contribution is 7.22. The number of hydrogen-bond donors (Lipinski definition) is 2. The van der Waals surface area contributed by atoms with Crippen molar-refractivity contribution in [3.05, 3.63) is 40.1 Å². The van der Waals surface area contributed by atoms with E-state index < -0.39 is 0 Å². The van der Waals surface area contributed by atoms with Crippen LogP contribution in [0.15, 0.2) is 29.6 Å². The molecule has 0 saturated carbocycles. The summed E-state index contributed by atoms with van der Waals surface area (Å²) in [6.07, 6.45) is 0. The Morgan fingerprint density at radius 2 is 2.26 bits per heavy atom. The Balaban J connectivity index is 1.95. The van der Waals surface area contributed by atoms with Crippen LogP contribution in [0.4, 0.5) is 10.8 Å². The second-order valence-corrected chi connectivity index (χ2v) is 6.13. The first-order chi connectivity index (χ1) is 9.13. The van der Waals surface area contributed by atoms with Crippen molar-refractivity contribution in [2.45, 2.75) is 6.92 Å². The fourth-order valence-corrected chi connectivity index (χ4v) is 3.36. The molecular weight excluding hydrogens is 278 g/mol. The van der Waals surface area contributed by atoms with Gasteiger partial charge < -0.3 is 11.1 Å². The SMILES string of the molecule is Cc1cc(NC(=O)c2cccs2)cc2sc(N)nc12. The van der Waals surface area contributed by atoms with Crippen LogP contribution in [0.1, 0.15) is 15.2 Å². The molecule has 19 heavy (non-hydrogen) atoms. The number of carbonyl (C=O) groups excluding carboxylic acids is 1. The lowest BCUT2D eigenvalue weighted by atomic mass is 10.2. The van der Waals surface area contributed by atoms with Gasteiger partial charge in [-0.1, -0.05) is 17.4 Å². The Labute approximate surface area is 117 Å². The first-order valence-corrected chi connectivity index (χ1v) is 7.34. The summed E-state index contributed by atoms with van der Waals surface area (Å²) in [5.74, 6) is -0.0914. The Kier molecular flexibility index (Phi) is 2.96. The molecule has 0 spiro atoms. The van der Waals surface area contributed by atoms with E-state index in [0.717, 1.165) is 21.5 Å². The van der Waals surface area contributed by atoms with Crippen LogP contribution in [-0.4, -0.2) is 10.9 Å². The van der Waals surface area contributed by atoms with E-state index in [0.29, 0.717) is 10.0 Å². The number of fused-ring (bicyclic) bond motifs is 1. The average Bonchev–Trinajstić information content (AvgIpc) is 2.97. The van der Waals surface area contributed by atoms with Crippen LogP contribution in [0.2, 0.25) is 0 Å². The largest absolute Gasteiger partial charge is 0.375 e. The molecular formula is C13H11N3OS2. The number of anilines is 2. The number of rotatable bonds is 2. The molecule has 6 heteroatoms. The lowest BCUT2D eigenvalue weighted by Crippen LogP contribution is -2.10. The van der Waals surface area contributed by atoms with Crippen molar-refractivity contribution in [1.29, 1.82) is 0 Å². The number of nitrogens with zero attached hydrogens (tertiary/aromatic N) is 1. The minimum Gasteiger partial charge on any atom is -0.375 e. The van der Waals surface area contributed by atoms with E-state index >= 15 is 0 Å². The highest BCUT2D eigenvalue weighted by atomic mass is 32.1. The minimum absolute atomic E-state index is 0.0914. The molecule has 4 nitrogen and oxygen atoms in total. The van der Waals surface area contributed by atoms with E-state index in [9.17, 15) is 4.79 Å². The summed E-state index contributed by atoms with van der Waals surface area (Å²) in [4.78, 5) is 17.0. The second kappa shape index (κ2) is 4.64. The third-order valence-corrected chi connectivity index (χ3v) is 4.41. The maximum atomic E-state index is 12.0. The fraction of sp³-hybridized carbons (Fsp3) is 0.0769. The van der Waals surface area contributed by atoms with Gasteiger partial charge in [0.2, 0.25) is 0 Å². The van der Waals surface area contributed by atoms with Crippen LogP contribution in [0.5, 0.6) is 0 Å². The molecule has 0 radical (unpaired) electrons. The molecule has 3 aromatic rings. The van der Waals surface area contributed by atoms with Crippen LogP contribution in [-0.2, 0) is 0 Å². The van der Waals surface area contributed by atoms with Crippen molar-refractivity contribution in [3.63, 3.8) is 0 Å². The number of nitrogens with one attached hydrogen (secondary N) is 1. The Morgan fingerprint density at radius 1 is 1.42 bits per heavy atom. The molecule has 0 aliphatic carbocycles. The molecule has 1 aromatic carbocycles. The normalized spacial score (nSPS) is 10.8. The van der Waals surface area contributed by atoms with Gasteiger partial charge in [-0.05, 0) is 36.1 Å². The molecule has 2 aromatic heterocycles. The summed E-state index contributed by atoms with van der Waals surface area (Å²) in [6, 6.07) is 7.48. The van der Waals surface area contributed by atoms with Crippen molar-refractivity contribution in [2.24, 2.45) is 0 Å². The monoisotopic (exact) mass is 289 g/mol. The summed E-state index contributed by atoms with van der Waals surface area (Å²) in [5, 5.41) is 5.32. The Morgan fingerprint density at radius 3 is 3.00 bits per heavy atom. The third kappa shape index (κ3) is 2.32. The van der Waals surface area contributed by atoms with Crippen LogP contribution in [0.3, 0.4) is 0 Å². The molecule has 0 unspecified atom stereocenters. The van der Waals surface area contributed by atoms with Crippen molar-refractivity contribution >= 4 is 49.6 Å². The first kappa shape index (κ1) is 12.1. The minimum atomic E-state index is -0.0914. The molecule has 1 amide bonds. The summed E-state index contributed by atoms with van der Waals surface area (Å²) < 4.78 is 0.985. The Hall–Kier alpha value is -1.92. The number of nitrogen functional groups attached to an aromatic ring is 1. The van der Waals surface area contributed by atoms with E-state index in [1.165, 1.54) is 22.7 Å². The van der Waals surface area contributed by atoms with Crippen LogP contribution < -0.4 is 11.1 Å². The number of benzene rings is 1. The molecule has 3 rings (SSSR count). The van der Waals surface area contributed by atoms with Gasteiger partial charge in [0.1, 0.15) is 0 Å². The predicted molar refractivity (Wildman–Crippen MR) is 81.0 cm³/mol. The van der Waals surface area contributed by atoms with Gasteiger partial charge in [0.05, 0.1) is 15.1 Å². The van der Waals surface area contributed by atoms with Gasteiger partial charge in [0.25, 0.3) is 5.91 Å². The molecule has 3 N–H and O–H groups in total. The van der Waals surface area contributed by atoms with E-state index in [1.807, 2.05) is 30.5 Å².